The van der Waals surface area contributed by atoms with Crippen LogP contribution in [0.4, 0.5) is 0 Å². The Balaban J connectivity index is 0.00000144. The Bertz CT molecular complexity index is 940. The third-order valence-corrected chi connectivity index (χ3v) is 7.40. The van der Waals surface area contributed by atoms with Crippen LogP contribution in [0.3, 0.4) is 0 Å². The first-order chi connectivity index (χ1) is 15.7. The van der Waals surface area contributed by atoms with Crippen molar-refractivity contribution in [1.82, 2.24) is 9.80 Å². The topological polar surface area (TPSA) is 73.5 Å². The maximum atomic E-state index is 13.2. The quantitative estimate of drug-likeness (QED) is 0.545. The number of hydrogen-bond acceptors (Lipinski definition) is 5. The number of nitrogens with zero attached hydrogens (tertiary/aromatic N) is 2. The molecule has 8 heteroatoms. The Labute approximate surface area is 221 Å². The number of benzene rings is 2. The van der Waals surface area contributed by atoms with Gasteiger partial charge in [0.15, 0.2) is 11.4 Å². The van der Waals surface area contributed by atoms with E-state index >= 15 is 0 Å². The van der Waals surface area contributed by atoms with Gasteiger partial charge < -0.3 is 14.9 Å². The van der Waals surface area contributed by atoms with Crippen LogP contribution in [-0.2, 0) is 9.53 Å². The fraction of sp³-hybridized carbons (Fsp3) is 0.519. The second-order valence-electron chi connectivity index (χ2n) is 9.33. The van der Waals surface area contributed by atoms with E-state index in [4.69, 9.17) is 9.47 Å². The molecular formula is C27H38Cl2N2O4. The van der Waals surface area contributed by atoms with Crippen LogP contribution >= 0.6 is 24.8 Å². The summed E-state index contributed by atoms with van der Waals surface area (Å²) in [5.74, 6) is 1.39. The van der Waals surface area contributed by atoms with Crippen LogP contribution in [-0.4, -0.2) is 72.5 Å². The first kappa shape index (κ1) is 29.6. The number of ether oxygens (including phenoxy) is 2. The van der Waals surface area contributed by atoms with Crippen molar-refractivity contribution < 1.29 is 19.7 Å². The zero-order valence-corrected chi connectivity index (χ0v) is 22.0. The number of hydrogen-bond donors (Lipinski definition) is 0. The van der Waals surface area contributed by atoms with Gasteiger partial charge in [0, 0.05) is 63.8 Å². The number of piperazine rings is 1. The van der Waals surface area contributed by atoms with E-state index in [1.807, 2.05) is 18.2 Å². The second kappa shape index (κ2) is 13.0. The minimum Gasteiger partial charge on any atom is -0.477 e. The number of Topliss-reactive ketones (excluding diaryl/α,β-unsaturated/α-hetero) is 1. The van der Waals surface area contributed by atoms with E-state index in [9.17, 15) is 4.79 Å². The lowest BCUT2D eigenvalue weighted by molar-refractivity contribution is -0.140. The molecule has 194 valence electrons. The summed E-state index contributed by atoms with van der Waals surface area (Å²) in [6.07, 6.45) is 2.74. The first-order valence-electron chi connectivity index (χ1n) is 12.1. The molecule has 1 saturated carbocycles. The number of ketones is 1. The number of carbonyl (C=O) groups excluding carboxylic acids is 1. The molecule has 2 aromatic rings. The predicted molar refractivity (Wildman–Crippen MR) is 143 cm³/mol. The summed E-state index contributed by atoms with van der Waals surface area (Å²) >= 11 is 0. The number of rotatable bonds is 7. The molecule has 35 heavy (non-hydrogen) atoms. The van der Waals surface area contributed by atoms with Crippen molar-refractivity contribution in [3.63, 3.8) is 0 Å². The van der Waals surface area contributed by atoms with Crippen molar-refractivity contribution in [3.8, 4) is 5.75 Å². The minimum atomic E-state index is -0.692. The van der Waals surface area contributed by atoms with E-state index < -0.39 is 5.60 Å². The SMILES string of the molecule is CCOC(CN1CCN(CC23Oc4ccccc4C2CCCC3=O)CC1)c1ccccc1.Cl.Cl.O. The first-order valence-corrected chi connectivity index (χ1v) is 12.1. The Hall–Kier alpha value is -1.67. The molecule has 3 unspecified atom stereocenters. The van der Waals surface area contributed by atoms with E-state index in [0.29, 0.717) is 19.6 Å². The molecule has 2 aromatic carbocycles. The van der Waals surface area contributed by atoms with E-state index in [1.54, 1.807) is 0 Å². The van der Waals surface area contributed by atoms with Gasteiger partial charge >= 0.3 is 0 Å². The average Bonchev–Trinajstić information content (AvgIpc) is 3.16. The molecule has 2 fully saturated rings. The van der Waals surface area contributed by atoms with Crippen LogP contribution < -0.4 is 4.74 Å². The zero-order valence-electron chi connectivity index (χ0n) is 20.4. The fourth-order valence-electron chi connectivity index (χ4n) is 5.75. The fourth-order valence-corrected chi connectivity index (χ4v) is 5.75. The van der Waals surface area contributed by atoms with E-state index in [1.165, 1.54) is 11.1 Å². The third kappa shape index (κ3) is 6.01. The average molecular weight is 526 g/mol. The molecule has 1 aliphatic carbocycles. The maximum absolute atomic E-state index is 13.2. The van der Waals surface area contributed by atoms with Gasteiger partial charge in [-0.1, -0.05) is 48.5 Å². The monoisotopic (exact) mass is 524 g/mol. The Morgan fingerprint density at radius 3 is 2.37 bits per heavy atom. The normalized spacial score (nSPS) is 24.6. The summed E-state index contributed by atoms with van der Waals surface area (Å²) in [4.78, 5) is 18.1. The van der Waals surface area contributed by atoms with Crippen molar-refractivity contribution in [2.45, 2.75) is 43.8 Å². The molecule has 5 rings (SSSR count). The second-order valence-corrected chi connectivity index (χ2v) is 9.33. The van der Waals surface area contributed by atoms with E-state index in [0.717, 1.165) is 51.3 Å². The number of halogens is 2. The summed E-state index contributed by atoms with van der Waals surface area (Å²) in [6.45, 7) is 8.25. The van der Waals surface area contributed by atoms with Gasteiger partial charge in [0.2, 0.25) is 0 Å². The molecular weight excluding hydrogens is 487 g/mol. The third-order valence-electron chi connectivity index (χ3n) is 7.40. The number of carbonyl (C=O) groups is 1. The predicted octanol–water partition coefficient (Wildman–Crippen LogP) is 4.07. The van der Waals surface area contributed by atoms with Crippen LogP contribution in [0, 0.1) is 0 Å². The summed E-state index contributed by atoms with van der Waals surface area (Å²) in [7, 11) is 0. The Kier molecular flexibility index (Phi) is 11.0. The number of fused-ring (bicyclic) bond motifs is 3. The lowest BCUT2D eigenvalue weighted by Crippen LogP contribution is -2.59. The van der Waals surface area contributed by atoms with Gasteiger partial charge in [0.25, 0.3) is 0 Å². The molecule has 3 aliphatic rings. The Morgan fingerprint density at radius 1 is 1.00 bits per heavy atom. The van der Waals surface area contributed by atoms with E-state index in [2.05, 4.69) is 53.1 Å². The van der Waals surface area contributed by atoms with Crippen LogP contribution in [0.5, 0.6) is 5.75 Å². The van der Waals surface area contributed by atoms with Crippen LogP contribution in [0.2, 0.25) is 0 Å². The molecule has 0 aromatic heterocycles. The lowest BCUT2D eigenvalue weighted by Gasteiger charge is -2.43. The van der Waals surface area contributed by atoms with Gasteiger partial charge in [-0.3, -0.25) is 14.6 Å². The zero-order chi connectivity index (χ0) is 22.0. The highest BCUT2D eigenvalue weighted by Crippen LogP contribution is 2.51. The molecule has 6 nitrogen and oxygen atoms in total. The molecule has 0 bridgehead atoms. The van der Waals surface area contributed by atoms with Gasteiger partial charge in [0.1, 0.15) is 5.75 Å². The maximum Gasteiger partial charge on any atom is 0.186 e. The molecule has 0 radical (unpaired) electrons. The van der Waals surface area contributed by atoms with Gasteiger partial charge in [-0.2, -0.15) is 0 Å². The molecule has 2 heterocycles. The molecule has 1 saturated heterocycles. The van der Waals surface area contributed by atoms with Crippen molar-refractivity contribution in [3.05, 3.63) is 65.7 Å². The smallest absolute Gasteiger partial charge is 0.186 e. The summed E-state index contributed by atoms with van der Waals surface area (Å²) < 4.78 is 12.5. The minimum absolute atomic E-state index is 0. The van der Waals surface area contributed by atoms with Crippen molar-refractivity contribution in [2.75, 3.05) is 45.9 Å². The highest BCUT2D eigenvalue weighted by atomic mass is 35.5. The summed E-state index contributed by atoms with van der Waals surface area (Å²) in [6, 6.07) is 18.8. The van der Waals surface area contributed by atoms with Gasteiger partial charge in [-0.25, -0.2) is 0 Å². The molecule has 2 aliphatic heterocycles. The van der Waals surface area contributed by atoms with Crippen LogP contribution in [0.1, 0.15) is 49.3 Å². The van der Waals surface area contributed by atoms with Crippen molar-refractivity contribution >= 4 is 30.6 Å². The van der Waals surface area contributed by atoms with Crippen LogP contribution in [0.25, 0.3) is 0 Å². The standard InChI is InChI=1S/C27H34N2O3.2ClH.H2O/c1-2-31-25(21-9-4-3-5-10-21)19-28-15-17-29(18-16-28)20-27-23(12-8-14-26(27)30)22-11-6-7-13-24(22)32-27;;;/h3-7,9-11,13,23,25H,2,8,12,14-20H2,1H3;2*1H;1H2. The molecule has 0 spiro atoms. The summed E-state index contributed by atoms with van der Waals surface area (Å²) in [5.41, 5.74) is 1.77. The van der Waals surface area contributed by atoms with Gasteiger partial charge in [-0.05, 0) is 31.4 Å². The summed E-state index contributed by atoms with van der Waals surface area (Å²) in [5, 5.41) is 0. The van der Waals surface area contributed by atoms with Gasteiger partial charge in [-0.15, -0.1) is 24.8 Å². The highest BCUT2D eigenvalue weighted by Gasteiger charge is 2.55. The largest absolute Gasteiger partial charge is 0.477 e. The van der Waals surface area contributed by atoms with Crippen molar-refractivity contribution in [1.29, 1.82) is 0 Å². The highest BCUT2D eigenvalue weighted by molar-refractivity contribution is 5.91. The Morgan fingerprint density at radius 2 is 1.66 bits per heavy atom. The lowest BCUT2D eigenvalue weighted by atomic mass is 9.72. The van der Waals surface area contributed by atoms with E-state index in [-0.39, 0.29) is 48.1 Å². The molecule has 2 N–H and O–H groups in total. The van der Waals surface area contributed by atoms with Gasteiger partial charge in [0.05, 0.1) is 6.10 Å². The molecule has 3 atom stereocenters. The van der Waals surface area contributed by atoms with Crippen LogP contribution in [0.15, 0.2) is 54.6 Å². The molecule has 0 amide bonds. The number of para-hydroxylation sites is 1. The van der Waals surface area contributed by atoms with Crippen molar-refractivity contribution in [2.24, 2.45) is 0 Å².